The Balaban J connectivity index is 0.000000492. The highest BCUT2D eigenvalue weighted by Gasteiger charge is 2.24. The van der Waals surface area contributed by atoms with E-state index in [9.17, 15) is 13.6 Å². The van der Waals surface area contributed by atoms with Crippen LogP contribution in [0.3, 0.4) is 0 Å². The fourth-order valence-electron chi connectivity index (χ4n) is 1.74. The number of nitrogens with one attached hydrogen (secondary N) is 1. The van der Waals surface area contributed by atoms with Gasteiger partial charge in [0.1, 0.15) is 11.6 Å². The molecular weight excluding hydrogens is 244 g/mol. The molecule has 2 rings (SSSR count). The van der Waals surface area contributed by atoms with Crippen molar-refractivity contribution in [3.8, 4) is 0 Å². The van der Waals surface area contributed by atoms with Crippen molar-refractivity contribution >= 4 is 12.1 Å². The molecule has 1 aromatic rings. The molecule has 0 radical (unpaired) electrons. The lowest BCUT2D eigenvalue weighted by molar-refractivity contribution is -0.191. The van der Waals surface area contributed by atoms with Crippen LogP contribution in [0.1, 0.15) is 23.5 Å². The van der Waals surface area contributed by atoms with E-state index in [1.54, 1.807) is 0 Å². The normalized spacial score (nSPS) is 17.5. The first-order valence-electron chi connectivity index (χ1n) is 5.21. The number of benzene rings is 1. The molecule has 1 fully saturated rings. The highest BCUT2D eigenvalue weighted by molar-refractivity contribution is 5.79. The molecule has 0 aliphatic carbocycles. The Morgan fingerprint density at radius 2 is 1.78 bits per heavy atom. The van der Waals surface area contributed by atoms with Crippen LogP contribution in [0.25, 0.3) is 0 Å². The van der Waals surface area contributed by atoms with Gasteiger partial charge in [0.05, 0.1) is 0 Å². The predicted molar refractivity (Wildman–Crippen MR) is 56.5 cm³/mol. The Hall–Kier alpha value is -2.07. The zero-order valence-corrected chi connectivity index (χ0v) is 9.63. The molecule has 0 spiro atoms. The fraction of sp³-hybridized carbons (Fsp3) is 0.333. The molecule has 1 N–H and O–H groups in total. The zero-order chi connectivity index (χ0) is 13.7. The van der Waals surface area contributed by atoms with Gasteiger partial charge in [-0.3, -0.25) is 4.79 Å². The molecule has 4 nitrogen and oxygen atoms in total. The number of halogens is 2. The lowest BCUT2D eigenvalue weighted by Gasteiger charge is -2.09. The van der Waals surface area contributed by atoms with E-state index in [4.69, 9.17) is 9.59 Å². The molecule has 18 heavy (non-hydrogen) atoms. The molecule has 1 aliphatic heterocycles. The van der Waals surface area contributed by atoms with Crippen molar-refractivity contribution in [2.75, 3.05) is 6.54 Å². The molecule has 1 saturated heterocycles. The second-order valence-electron chi connectivity index (χ2n) is 3.90. The van der Waals surface area contributed by atoms with Gasteiger partial charge in [0.2, 0.25) is 5.91 Å². The van der Waals surface area contributed by atoms with Gasteiger partial charge in [-0.15, -0.1) is 0 Å². The van der Waals surface area contributed by atoms with Crippen molar-refractivity contribution < 1.29 is 23.2 Å². The minimum atomic E-state index is -0.552. The van der Waals surface area contributed by atoms with Crippen molar-refractivity contribution in [3.05, 3.63) is 34.9 Å². The van der Waals surface area contributed by atoms with Crippen LogP contribution in [0.15, 0.2) is 12.1 Å². The van der Waals surface area contributed by atoms with Crippen molar-refractivity contribution in [1.29, 1.82) is 0 Å². The molecule has 0 unspecified atom stereocenters. The Morgan fingerprint density at radius 1 is 1.28 bits per heavy atom. The minimum Gasteiger partial charge on any atom is -0.355 e. The van der Waals surface area contributed by atoms with E-state index in [0.717, 1.165) is 0 Å². The summed E-state index contributed by atoms with van der Waals surface area (Å²) in [7, 11) is 0. The highest BCUT2D eigenvalue weighted by Crippen LogP contribution is 2.26. The van der Waals surface area contributed by atoms with Crippen molar-refractivity contribution in [3.63, 3.8) is 0 Å². The van der Waals surface area contributed by atoms with E-state index in [-0.39, 0.29) is 23.5 Å². The van der Waals surface area contributed by atoms with E-state index >= 15 is 0 Å². The smallest absolute Gasteiger partial charge is 0.355 e. The standard InChI is InChI=1S/C11H11F2NO.CO2/c1-6-9(12)2-7(3-10(6)13)8-4-11(15)14-5-8;2-1-3/h2-3,8H,4-5H2,1H3,(H,14,15);/t8-;/m0./s1. The zero-order valence-electron chi connectivity index (χ0n) is 9.63. The van der Waals surface area contributed by atoms with Gasteiger partial charge in [0.15, 0.2) is 0 Å². The predicted octanol–water partition coefficient (Wildman–Crippen LogP) is 1.29. The molecule has 6 heteroatoms. The SMILES string of the molecule is Cc1c(F)cc([C@@H]2CNC(=O)C2)cc1F.O=C=O. The van der Waals surface area contributed by atoms with E-state index < -0.39 is 11.6 Å². The largest absolute Gasteiger partial charge is 0.373 e. The average molecular weight is 255 g/mol. The van der Waals surface area contributed by atoms with E-state index in [1.807, 2.05) is 0 Å². The number of hydrogen-bond donors (Lipinski definition) is 1. The Bertz CT molecular complexity index is 473. The lowest BCUT2D eigenvalue weighted by atomic mass is 9.97. The maximum absolute atomic E-state index is 13.2. The monoisotopic (exact) mass is 255 g/mol. The number of rotatable bonds is 1. The summed E-state index contributed by atoms with van der Waals surface area (Å²) in [4.78, 5) is 27.2. The number of carbonyl (C=O) groups excluding carboxylic acids is 3. The highest BCUT2D eigenvalue weighted by atomic mass is 19.1. The summed E-state index contributed by atoms with van der Waals surface area (Å²) in [6, 6.07) is 2.62. The van der Waals surface area contributed by atoms with Gasteiger partial charge in [-0.1, -0.05) is 0 Å². The fourth-order valence-corrected chi connectivity index (χ4v) is 1.74. The topological polar surface area (TPSA) is 63.2 Å². The van der Waals surface area contributed by atoms with Crippen molar-refractivity contribution in [2.45, 2.75) is 19.3 Å². The molecular formula is C12H11F2NO3. The summed E-state index contributed by atoms with van der Waals surface area (Å²) in [6.45, 7) is 1.85. The molecule has 1 aliphatic rings. The second kappa shape index (κ2) is 6.02. The van der Waals surface area contributed by atoms with E-state index in [0.29, 0.717) is 18.5 Å². The Kier molecular flexibility index (Phi) is 4.68. The molecule has 1 atom stereocenters. The third-order valence-electron chi connectivity index (χ3n) is 2.75. The Morgan fingerprint density at radius 3 is 2.17 bits per heavy atom. The molecule has 1 aromatic carbocycles. The van der Waals surface area contributed by atoms with Crippen LogP contribution in [-0.4, -0.2) is 18.6 Å². The summed E-state index contributed by atoms with van der Waals surface area (Å²) in [5.41, 5.74) is 0.574. The summed E-state index contributed by atoms with van der Waals surface area (Å²) in [6.07, 6.45) is 0.557. The third kappa shape index (κ3) is 3.21. The minimum absolute atomic E-state index is 0.0241. The summed E-state index contributed by atoms with van der Waals surface area (Å²) < 4.78 is 26.5. The van der Waals surface area contributed by atoms with Crippen LogP contribution in [0.5, 0.6) is 0 Å². The number of amides is 1. The van der Waals surface area contributed by atoms with Gasteiger partial charge in [0, 0.05) is 24.4 Å². The van der Waals surface area contributed by atoms with E-state index in [1.165, 1.54) is 19.1 Å². The average Bonchev–Trinajstić information content (AvgIpc) is 2.73. The Labute approximate surface area is 102 Å². The van der Waals surface area contributed by atoms with Crippen LogP contribution in [0.2, 0.25) is 0 Å². The van der Waals surface area contributed by atoms with Crippen LogP contribution in [0.4, 0.5) is 8.78 Å². The second-order valence-corrected chi connectivity index (χ2v) is 3.90. The van der Waals surface area contributed by atoms with Gasteiger partial charge in [-0.05, 0) is 24.6 Å². The van der Waals surface area contributed by atoms with Crippen LogP contribution < -0.4 is 5.32 Å². The molecule has 1 amide bonds. The van der Waals surface area contributed by atoms with Gasteiger partial charge < -0.3 is 5.32 Å². The van der Waals surface area contributed by atoms with Gasteiger partial charge >= 0.3 is 6.15 Å². The summed E-state index contributed by atoms with van der Waals surface area (Å²) >= 11 is 0. The first kappa shape index (κ1) is 14.0. The molecule has 0 bridgehead atoms. The van der Waals surface area contributed by atoms with Crippen LogP contribution in [-0.2, 0) is 14.4 Å². The van der Waals surface area contributed by atoms with Crippen LogP contribution >= 0.6 is 0 Å². The van der Waals surface area contributed by atoms with Crippen molar-refractivity contribution in [1.82, 2.24) is 5.32 Å². The maximum Gasteiger partial charge on any atom is 0.373 e. The molecule has 96 valence electrons. The van der Waals surface area contributed by atoms with E-state index in [2.05, 4.69) is 5.32 Å². The van der Waals surface area contributed by atoms with Gasteiger partial charge in [-0.25, -0.2) is 8.78 Å². The van der Waals surface area contributed by atoms with Gasteiger partial charge in [0.25, 0.3) is 0 Å². The summed E-state index contributed by atoms with van der Waals surface area (Å²) in [5, 5.41) is 2.64. The van der Waals surface area contributed by atoms with Gasteiger partial charge in [-0.2, -0.15) is 9.59 Å². The number of hydrogen-bond acceptors (Lipinski definition) is 3. The maximum atomic E-state index is 13.2. The van der Waals surface area contributed by atoms with Crippen LogP contribution in [0, 0.1) is 18.6 Å². The van der Waals surface area contributed by atoms with Crippen molar-refractivity contribution in [2.24, 2.45) is 0 Å². The molecule has 0 aromatic heterocycles. The first-order chi connectivity index (χ1) is 8.49. The summed E-state index contributed by atoms with van der Waals surface area (Å²) in [5.74, 6) is -1.28. The molecule has 1 heterocycles. The molecule has 0 saturated carbocycles. The quantitative estimate of drug-likeness (QED) is 0.822. The number of carbonyl (C=O) groups is 1. The first-order valence-corrected chi connectivity index (χ1v) is 5.21. The third-order valence-corrected chi connectivity index (χ3v) is 2.75. The lowest BCUT2D eigenvalue weighted by Crippen LogP contribution is -2.13.